The standard InChI is InChI=1S/C19H28N2/c1-3-4-5-6-7-10-16-21-17-12-9-14-19(21)18-13-8-11-15-20(18)2/h8-9,11-15,17H,3-7,10,16H2,1-2H3/q+2. The van der Waals surface area contributed by atoms with Crippen LogP contribution in [-0.2, 0) is 13.6 Å². The smallest absolute Gasteiger partial charge is 0.196 e. The van der Waals surface area contributed by atoms with Gasteiger partial charge in [-0.25, -0.2) is 0 Å². The van der Waals surface area contributed by atoms with Crippen molar-refractivity contribution in [3.05, 3.63) is 48.8 Å². The number of pyridine rings is 2. The highest BCUT2D eigenvalue weighted by Gasteiger charge is 2.19. The minimum atomic E-state index is 1.11. The monoisotopic (exact) mass is 284 g/mol. The summed E-state index contributed by atoms with van der Waals surface area (Å²) in [6, 6.07) is 12.8. The van der Waals surface area contributed by atoms with E-state index in [0.717, 1.165) is 6.54 Å². The Balaban J connectivity index is 1.99. The first kappa shape index (κ1) is 15.7. The van der Waals surface area contributed by atoms with Gasteiger partial charge in [-0.2, -0.15) is 9.13 Å². The predicted molar refractivity (Wildman–Crippen MR) is 86.6 cm³/mol. The number of nitrogens with zero attached hydrogens (tertiary/aromatic N) is 2. The van der Waals surface area contributed by atoms with Crippen LogP contribution in [0.2, 0.25) is 0 Å². The largest absolute Gasteiger partial charge is 0.277 e. The molecule has 2 aromatic heterocycles. The van der Waals surface area contributed by atoms with Gasteiger partial charge in [0.1, 0.15) is 13.6 Å². The molecule has 0 saturated heterocycles. The Morgan fingerprint density at radius 2 is 1.43 bits per heavy atom. The molecular formula is C19H28N2+2. The number of unbranched alkanes of at least 4 members (excludes halogenated alkanes) is 5. The molecule has 2 aromatic rings. The molecule has 0 radical (unpaired) electrons. The molecule has 2 heteroatoms. The fourth-order valence-corrected chi connectivity index (χ4v) is 2.76. The Morgan fingerprint density at radius 1 is 0.762 bits per heavy atom. The SMILES string of the molecule is CCCCCCCC[n+]1ccccc1-c1cccc[n+]1C. The molecule has 0 fully saturated rings. The summed E-state index contributed by atoms with van der Waals surface area (Å²) in [6.45, 7) is 3.38. The van der Waals surface area contributed by atoms with Crippen molar-refractivity contribution in [2.45, 2.75) is 52.0 Å². The van der Waals surface area contributed by atoms with Crippen LogP contribution in [0.25, 0.3) is 11.4 Å². The molecule has 0 unspecified atom stereocenters. The van der Waals surface area contributed by atoms with Gasteiger partial charge in [0.2, 0.25) is 0 Å². The van der Waals surface area contributed by atoms with E-state index in [-0.39, 0.29) is 0 Å². The molecule has 0 aliphatic carbocycles. The first-order chi connectivity index (χ1) is 10.3. The average Bonchev–Trinajstić information content (AvgIpc) is 2.52. The molecule has 0 aromatic carbocycles. The number of aromatic nitrogens is 2. The van der Waals surface area contributed by atoms with E-state index in [9.17, 15) is 0 Å². The van der Waals surface area contributed by atoms with Crippen molar-refractivity contribution < 1.29 is 9.13 Å². The maximum atomic E-state index is 2.38. The first-order valence-corrected chi connectivity index (χ1v) is 8.26. The molecule has 21 heavy (non-hydrogen) atoms. The Kier molecular flexibility index (Phi) is 6.39. The molecular weight excluding hydrogens is 256 g/mol. The molecule has 2 rings (SSSR count). The van der Waals surface area contributed by atoms with Gasteiger partial charge in [-0.05, 0) is 18.6 Å². The van der Waals surface area contributed by atoms with Crippen molar-refractivity contribution in [1.29, 1.82) is 0 Å². The molecule has 0 saturated carbocycles. The Bertz CT molecular complexity index is 549. The Hall–Kier alpha value is -1.70. The van der Waals surface area contributed by atoms with Gasteiger partial charge in [0.05, 0.1) is 0 Å². The summed E-state index contributed by atoms with van der Waals surface area (Å²) in [7, 11) is 2.11. The lowest BCUT2D eigenvalue weighted by Gasteiger charge is -2.03. The van der Waals surface area contributed by atoms with Gasteiger partial charge in [-0.1, -0.05) is 32.6 Å². The summed E-state index contributed by atoms with van der Waals surface area (Å²) in [4.78, 5) is 0. The lowest BCUT2D eigenvalue weighted by Crippen LogP contribution is -2.40. The summed E-state index contributed by atoms with van der Waals surface area (Å²) in [5.74, 6) is 0. The second kappa shape index (κ2) is 8.56. The maximum Gasteiger partial charge on any atom is 0.277 e. The van der Waals surface area contributed by atoms with E-state index in [2.05, 4.69) is 71.9 Å². The van der Waals surface area contributed by atoms with Gasteiger partial charge in [0, 0.05) is 30.7 Å². The van der Waals surface area contributed by atoms with Crippen LogP contribution in [0.3, 0.4) is 0 Å². The first-order valence-electron chi connectivity index (χ1n) is 8.26. The summed E-state index contributed by atoms with van der Waals surface area (Å²) in [5, 5.41) is 0. The molecule has 0 N–H and O–H groups in total. The summed E-state index contributed by atoms with van der Waals surface area (Å²) in [5.41, 5.74) is 2.57. The van der Waals surface area contributed by atoms with E-state index < -0.39 is 0 Å². The highest BCUT2D eigenvalue weighted by atomic mass is 15.0. The van der Waals surface area contributed by atoms with Crippen LogP contribution in [0.4, 0.5) is 0 Å². The molecule has 0 aliphatic heterocycles. The fourth-order valence-electron chi connectivity index (χ4n) is 2.76. The minimum absolute atomic E-state index is 1.11. The second-order valence-corrected chi connectivity index (χ2v) is 5.74. The van der Waals surface area contributed by atoms with Gasteiger partial charge in [0.15, 0.2) is 12.4 Å². The third-order valence-electron chi connectivity index (χ3n) is 4.01. The van der Waals surface area contributed by atoms with Crippen molar-refractivity contribution in [2.24, 2.45) is 7.05 Å². The molecule has 2 heterocycles. The van der Waals surface area contributed by atoms with Crippen LogP contribution in [0, 0.1) is 0 Å². The number of hydrogen-bond acceptors (Lipinski definition) is 0. The van der Waals surface area contributed by atoms with Crippen molar-refractivity contribution in [3.63, 3.8) is 0 Å². The molecule has 0 atom stereocenters. The van der Waals surface area contributed by atoms with Crippen molar-refractivity contribution in [1.82, 2.24) is 0 Å². The lowest BCUT2D eigenvalue weighted by molar-refractivity contribution is -0.705. The third-order valence-corrected chi connectivity index (χ3v) is 4.01. The Labute approximate surface area is 129 Å². The molecule has 0 bridgehead atoms. The van der Waals surface area contributed by atoms with Gasteiger partial charge >= 0.3 is 0 Å². The summed E-state index contributed by atoms with van der Waals surface area (Å²) >= 11 is 0. The Morgan fingerprint density at radius 3 is 2.19 bits per heavy atom. The molecule has 112 valence electrons. The number of aryl methyl sites for hydroxylation is 2. The van der Waals surface area contributed by atoms with E-state index in [0.29, 0.717) is 0 Å². The van der Waals surface area contributed by atoms with Crippen molar-refractivity contribution in [2.75, 3.05) is 0 Å². The highest BCUT2D eigenvalue weighted by Crippen LogP contribution is 2.10. The number of hydrogen-bond donors (Lipinski definition) is 0. The second-order valence-electron chi connectivity index (χ2n) is 5.74. The third kappa shape index (κ3) is 4.66. The maximum absolute atomic E-state index is 2.38. The van der Waals surface area contributed by atoms with Crippen LogP contribution in [0.5, 0.6) is 0 Å². The minimum Gasteiger partial charge on any atom is -0.196 e. The normalized spacial score (nSPS) is 10.8. The van der Waals surface area contributed by atoms with Gasteiger partial charge < -0.3 is 0 Å². The van der Waals surface area contributed by atoms with E-state index in [4.69, 9.17) is 0 Å². The average molecular weight is 284 g/mol. The van der Waals surface area contributed by atoms with Crippen molar-refractivity contribution >= 4 is 0 Å². The number of rotatable bonds is 8. The molecule has 0 amide bonds. The molecule has 0 aliphatic rings. The zero-order valence-corrected chi connectivity index (χ0v) is 13.5. The van der Waals surface area contributed by atoms with Gasteiger partial charge in [0.25, 0.3) is 11.4 Å². The quantitative estimate of drug-likeness (QED) is 0.514. The summed E-state index contributed by atoms with van der Waals surface area (Å²) in [6.07, 6.45) is 12.4. The zero-order valence-electron chi connectivity index (χ0n) is 13.5. The van der Waals surface area contributed by atoms with E-state index >= 15 is 0 Å². The fraction of sp³-hybridized carbons (Fsp3) is 0.474. The summed E-state index contributed by atoms with van der Waals surface area (Å²) < 4.78 is 4.57. The lowest BCUT2D eigenvalue weighted by atomic mass is 10.1. The van der Waals surface area contributed by atoms with Crippen LogP contribution >= 0.6 is 0 Å². The molecule has 0 spiro atoms. The van der Waals surface area contributed by atoms with Crippen LogP contribution in [-0.4, -0.2) is 0 Å². The molecule has 2 nitrogen and oxygen atoms in total. The van der Waals surface area contributed by atoms with Crippen LogP contribution < -0.4 is 9.13 Å². The predicted octanol–water partition coefficient (Wildman–Crippen LogP) is 3.83. The van der Waals surface area contributed by atoms with Crippen molar-refractivity contribution in [3.8, 4) is 11.4 Å². The van der Waals surface area contributed by atoms with Crippen LogP contribution in [0.1, 0.15) is 45.4 Å². The van der Waals surface area contributed by atoms with Gasteiger partial charge in [-0.3, -0.25) is 0 Å². The zero-order chi connectivity index (χ0) is 14.9. The topological polar surface area (TPSA) is 7.76 Å². The van der Waals surface area contributed by atoms with E-state index in [1.807, 2.05) is 0 Å². The van der Waals surface area contributed by atoms with E-state index in [1.165, 1.54) is 49.9 Å². The van der Waals surface area contributed by atoms with Gasteiger partial charge in [-0.15, -0.1) is 0 Å². The van der Waals surface area contributed by atoms with Crippen LogP contribution in [0.15, 0.2) is 48.8 Å². The highest BCUT2D eigenvalue weighted by molar-refractivity contribution is 5.45. The van der Waals surface area contributed by atoms with E-state index in [1.54, 1.807) is 0 Å².